The number of rotatable bonds is 5. The summed E-state index contributed by atoms with van der Waals surface area (Å²) >= 11 is 0. The fraction of sp³-hybridized carbons (Fsp3) is 0.0526. The van der Waals surface area contributed by atoms with E-state index >= 15 is 0 Å². The van der Waals surface area contributed by atoms with Crippen LogP contribution < -0.4 is 16.2 Å². The van der Waals surface area contributed by atoms with E-state index in [0.717, 1.165) is 0 Å². The maximum atomic E-state index is 12.9. The molecule has 0 fully saturated rings. The van der Waals surface area contributed by atoms with Crippen molar-refractivity contribution in [1.29, 1.82) is 0 Å². The highest BCUT2D eigenvalue weighted by Crippen LogP contribution is 2.37. The molecule has 0 atom stereocenters. The van der Waals surface area contributed by atoms with Crippen LogP contribution in [0, 0.1) is 0 Å². The van der Waals surface area contributed by atoms with Gasteiger partial charge in [-0.1, -0.05) is 36.4 Å². The Hall–Kier alpha value is -3.74. The number of nitrogens with one attached hydrogen (secondary N) is 1. The summed E-state index contributed by atoms with van der Waals surface area (Å²) < 4.78 is 5.11. The van der Waals surface area contributed by atoms with Gasteiger partial charge in [-0.15, -0.1) is 0 Å². The summed E-state index contributed by atoms with van der Waals surface area (Å²) in [6, 6.07) is 13.0. The molecular formula is C19H17N3O4. The number of aromatic amines is 1. The summed E-state index contributed by atoms with van der Waals surface area (Å²) in [4.78, 5) is 27.6. The van der Waals surface area contributed by atoms with E-state index in [9.17, 15) is 14.7 Å². The molecular weight excluding hydrogens is 334 g/mol. The summed E-state index contributed by atoms with van der Waals surface area (Å²) in [6.45, 7) is 0. The molecule has 0 saturated heterocycles. The number of hydrogen-bond donors (Lipinski definition) is 4. The van der Waals surface area contributed by atoms with Gasteiger partial charge in [-0.05, 0) is 17.7 Å². The van der Waals surface area contributed by atoms with Crippen LogP contribution in [0.25, 0.3) is 11.1 Å². The van der Waals surface area contributed by atoms with E-state index < -0.39 is 5.91 Å². The van der Waals surface area contributed by atoms with Gasteiger partial charge < -0.3 is 26.3 Å². The second-order valence-corrected chi connectivity index (χ2v) is 5.61. The zero-order valence-electron chi connectivity index (χ0n) is 13.9. The quantitative estimate of drug-likeness (QED) is 0.524. The number of nitrogen functional groups attached to an aromatic ring is 1. The third kappa shape index (κ3) is 2.86. The number of anilines is 1. The Morgan fingerprint density at radius 2 is 1.81 bits per heavy atom. The molecule has 1 amide bonds. The fourth-order valence-corrected chi connectivity index (χ4v) is 2.80. The molecule has 1 heterocycles. The molecule has 7 nitrogen and oxygen atoms in total. The minimum Gasteiger partial charge on any atom is -0.504 e. The Morgan fingerprint density at radius 3 is 2.42 bits per heavy atom. The van der Waals surface area contributed by atoms with Crippen LogP contribution in [0.4, 0.5) is 5.82 Å². The number of methoxy groups -OCH3 is 1. The zero-order chi connectivity index (χ0) is 18.8. The molecule has 0 spiro atoms. The maximum absolute atomic E-state index is 12.9. The number of ketones is 1. The number of phenols is 1. The first-order valence-corrected chi connectivity index (χ1v) is 7.72. The molecule has 6 N–H and O–H groups in total. The first kappa shape index (κ1) is 17.1. The molecule has 26 heavy (non-hydrogen) atoms. The number of aromatic hydroxyl groups is 1. The molecule has 0 aliphatic heterocycles. The van der Waals surface area contributed by atoms with E-state index in [0.29, 0.717) is 11.1 Å². The summed E-state index contributed by atoms with van der Waals surface area (Å²) in [6.07, 6.45) is 0. The number of ether oxygens (including phenoxy) is 1. The average Bonchev–Trinajstić information content (AvgIpc) is 2.99. The lowest BCUT2D eigenvalue weighted by molar-refractivity contribution is 0.100. The minimum absolute atomic E-state index is 0.00109. The minimum atomic E-state index is -0.770. The van der Waals surface area contributed by atoms with Crippen LogP contribution in [0.1, 0.15) is 26.4 Å². The molecule has 0 aliphatic carbocycles. The maximum Gasteiger partial charge on any atom is 0.253 e. The number of benzene rings is 2. The number of aromatic nitrogens is 1. The molecule has 132 valence electrons. The molecule has 0 bridgehead atoms. The molecule has 2 aromatic carbocycles. The highest BCUT2D eigenvalue weighted by molar-refractivity contribution is 6.17. The van der Waals surface area contributed by atoms with Crippen LogP contribution >= 0.6 is 0 Å². The van der Waals surface area contributed by atoms with Crippen LogP contribution in [0.2, 0.25) is 0 Å². The highest BCUT2D eigenvalue weighted by Gasteiger charge is 2.26. The van der Waals surface area contributed by atoms with Crippen molar-refractivity contribution in [2.45, 2.75) is 0 Å². The van der Waals surface area contributed by atoms with E-state index in [-0.39, 0.29) is 39.9 Å². The summed E-state index contributed by atoms with van der Waals surface area (Å²) in [5.74, 6) is -0.995. The standard InChI is InChI=1S/C19H17N3O4/c1-26-13-9-11(7-8-12(13)23)14-15(19(21)25)18(20)22-16(14)17(24)10-5-3-2-4-6-10/h2-9,22-23H,20H2,1H3,(H2,21,25). The Bertz CT molecular complexity index is 994. The summed E-state index contributed by atoms with van der Waals surface area (Å²) in [7, 11) is 1.40. The van der Waals surface area contributed by atoms with Crippen molar-refractivity contribution >= 4 is 17.5 Å². The van der Waals surface area contributed by atoms with Gasteiger partial charge in [0.15, 0.2) is 11.5 Å². The van der Waals surface area contributed by atoms with Gasteiger partial charge in [0.2, 0.25) is 5.78 Å². The lowest BCUT2D eigenvalue weighted by Gasteiger charge is -2.09. The summed E-state index contributed by atoms with van der Waals surface area (Å²) in [5, 5.41) is 9.81. The first-order chi connectivity index (χ1) is 12.4. The smallest absolute Gasteiger partial charge is 0.253 e. The van der Waals surface area contributed by atoms with Gasteiger partial charge in [-0.2, -0.15) is 0 Å². The molecule has 3 rings (SSSR count). The Morgan fingerprint density at radius 1 is 1.12 bits per heavy atom. The van der Waals surface area contributed by atoms with Crippen LogP contribution in [0.15, 0.2) is 48.5 Å². The molecule has 7 heteroatoms. The number of nitrogens with two attached hydrogens (primary N) is 2. The van der Waals surface area contributed by atoms with Crippen molar-refractivity contribution in [3.05, 3.63) is 65.4 Å². The van der Waals surface area contributed by atoms with Gasteiger partial charge in [-0.3, -0.25) is 9.59 Å². The molecule has 1 aromatic heterocycles. The van der Waals surface area contributed by atoms with Crippen molar-refractivity contribution in [3.8, 4) is 22.6 Å². The molecule has 3 aromatic rings. The second-order valence-electron chi connectivity index (χ2n) is 5.61. The Kier molecular flexibility index (Phi) is 4.36. The van der Waals surface area contributed by atoms with Crippen molar-refractivity contribution in [2.75, 3.05) is 12.8 Å². The van der Waals surface area contributed by atoms with Gasteiger partial charge >= 0.3 is 0 Å². The van der Waals surface area contributed by atoms with E-state index in [1.54, 1.807) is 36.4 Å². The average molecular weight is 351 g/mol. The zero-order valence-corrected chi connectivity index (χ0v) is 13.9. The number of H-pyrrole nitrogens is 1. The van der Waals surface area contributed by atoms with Gasteiger partial charge in [0.05, 0.1) is 18.4 Å². The largest absolute Gasteiger partial charge is 0.504 e. The van der Waals surface area contributed by atoms with Crippen molar-refractivity contribution < 1.29 is 19.4 Å². The second kappa shape index (κ2) is 6.64. The van der Waals surface area contributed by atoms with Gasteiger partial charge in [-0.25, -0.2) is 0 Å². The van der Waals surface area contributed by atoms with E-state index in [1.165, 1.54) is 19.2 Å². The lowest BCUT2D eigenvalue weighted by Crippen LogP contribution is -2.13. The number of phenolic OH excluding ortho intramolecular Hbond substituents is 1. The van der Waals surface area contributed by atoms with Gasteiger partial charge in [0.25, 0.3) is 5.91 Å². The normalized spacial score (nSPS) is 10.5. The predicted octanol–water partition coefficient (Wildman–Crippen LogP) is 2.31. The van der Waals surface area contributed by atoms with Crippen LogP contribution in [0.3, 0.4) is 0 Å². The fourth-order valence-electron chi connectivity index (χ4n) is 2.80. The molecule has 0 radical (unpaired) electrons. The number of amides is 1. The van der Waals surface area contributed by atoms with E-state index in [1.807, 2.05) is 0 Å². The highest BCUT2D eigenvalue weighted by atomic mass is 16.5. The SMILES string of the molecule is COc1cc(-c2c(C(=O)c3ccccc3)[nH]c(N)c2C(N)=O)ccc1O. The van der Waals surface area contributed by atoms with Crippen LogP contribution in [0.5, 0.6) is 11.5 Å². The number of carbonyl (C=O) groups excluding carboxylic acids is 2. The number of hydrogen-bond acceptors (Lipinski definition) is 5. The predicted molar refractivity (Wildman–Crippen MR) is 97.3 cm³/mol. The van der Waals surface area contributed by atoms with Gasteiger partial charge in [0.1, 0.15) is 5.82 Å². The van der Waals surface area contributed by atoms with Crippen molar-refractivity contribution in [2.24, 2.45) is 5.73 Å². The third-order valence-electron chi connectivity index (χ3n) is 4.01. The van der Waals surface area contributed by atoms with Crippen LogP contribution in [-0.2, 0) is 0 Å². The first-order valence-electron chi connectivity index (χ1n) is 7.72. The molecule has 0 unspecified atom stereocenters. The lowest BCUT2D eigenvalue weighted by atomic mass is 9.96. The molecule has 0 saturated carbocycles. The Balaban J connectivity index is 2.26. The van der Waals surface area contributed by atoms with E-state index in [4.69, 9.17) is 16.2 Å². The molecule has 0 aliphatic rings. The number of carbonyl (C=O) groups is 2. The van der Waals surface area contributed by atoms with Crippen LogP contribution in [-0.4, -0.2) is 28.9 Å². The van der Waals surface area contributed by atoms with E-state index in [2.05, 4.69) is 4.98 Å². The van der Waals surface area contributed by atoms with Crippen molar-refractivity contribution in [3.63, 3.8) is 0 Å². The summed E-state index contributed by atoms with van der Waals surface area (Å²) in [5.41, 5.74) is 12.7. The topological polar surface area (TPSA) is 131 Å². The van der Waals surface area contributed by atoms with Crippen molar-refractivity contribution in [1.82, 2.24) is 4.98 Å². The third-order valence-corrected chi connectivity index (χ3v) is 4.01. The monoisotopic (exact) mass is 351 g/mol. The van der Waals surface area contributed by atoms with Gasteiger partial charge in [0, 0.05) is 11.1 Å². The number of primary amides is 1. The Labute approximate surface area is 149 Å².